The van der Waals surface area contributed by atoms with Crippen LogP contribution in [0.4, 0.5) is 0 Å². The number of thioether (sulfide) groups is 1. The van der Waals surface area contributed by atoms with Crippen molar-refractivity contribution >= 4 is 39.2 Å². The van der Waals surface area contributed by atoms with Gasteiger partial charge in [0.25, 0.3) is 5.91 Å². The maximum Gasteiger partial charge on any atom is 0.251 e. The predicted octanol–water partition coefficient (Wildman–Crippen LogP) is 3.30. The van der Waals surface area contributed by atoms with Crippen molar-refractivity contribution in [2.75, 3.05) is 18.6 Å². The predicted molar refractivity (Wildman–Crippen MR) is 92.7 cm³/mol. The van der Waals surface area contributed by atoms with Gasteiger partial charge in [-0.2, -0.15) is 16.8 Å². The Hall–Kier alpha value is -1.27. The molecule has 22 heavy (non-hydrogen) atoms. The Balaban J connectivity index is 2.05. The van der Waals surface area contributed by atoms with Crippen LogP contribution in [0.25, 0.3) is 10.2 Å². The van der Waals surface area contributed by atoms with Gasteiger partial charge in [0.2, 0.25) is 0 Å². The van der Waals surface area contributed by atoms with Crippen LogP contribution < -0.4 is 9.54 Å². The molecule has 3 rings (SSSR count). The van der Waals surface area contributed by atoms with Crippen LogP contribution in [0.1, 0.15) is 19.8 Å². The van der Waals surface area contributed by atoms with Crippen LogP contribution in [0, 0.1) is 5.92 Å². The summed E-state index contributed by atoms with van der Waals surface area (Å²) in [5, 5.41) is 0. The number of aryl methyl sites for hydroxylation is 1. The molecular weight excluding hydrogens is 316 g/mol. The van der Waals surface area contributed by atoms with Crippen molar-refractivity contribution in [1.82, 2.24) is 4.57 Å². The van der Waals surface area contributed by atoms with Gasteiger partial charge in [0.15, 0.2) is 4.80 Å². The van der Waals surface area contributed by atoms with Crippen molar-refractivity contribution in [3.8, 4) is 5.75 Å². The topological polar surface area (TPSA) is 43.6 Å². The summed E-state index contributed by atoms with van der Waals surface area (Å²) in [6.07, 6.45) is 4.08. The minimum atomic E-state index is 0.0366. The lowest BCUT2D eigenvalue weighted by Crippen LogP contribution is -2.18. The Morgan fingerprint density at radius 3 is 3.00 bits per heavy atom. The van der Waals surface area contributed by atoms with Gasteiger partial charge < -0.3 is 9.30 Å². The summed E-state index contributed by atoms with van der Waals surface area (Å²) < 4.78 is 8.85. The Bertz CT molecular complexity index is 744. The standard InChI is InChI=1S/C16H20N2O2S2/c1-3-20-12-6-7-13-14(10-12)22-16(18(13)8-9-21-2)17-15(19)11-4-5-11/h6-7,10-11H,3-5,8-9H2,1-2H3. The maximum absolute atomic E-state index is 12.0. The number of hydrogen-bond donors (Lipinski definition) is 0. The molecule has 1 fully saturated rings. The van der Waals surface area contributed by atoms with E-state index in [0.29, 0.717) is 6.61 Å². The fraction of sp³-hybridized carbons (Fsp3) is 0.500. The van der Waals surface area contributed by atoms with Crippen LogP contribution in [0.2, 0.25) is 0 Å². The van der Waals surface area contributed by atoms with Gasteiger partial charge in [-0.15, -0.1) is 0 Å². The number of ether oxygens (including phenoxy) is 1. The fourth-order valence-corrected chi connectivity index (χ4v) is 3.76. The number of benzene rings is 1. The summed E-state index contributed by atoms with van der Waals surface area (Å²) in [6.45, 7) is 3.50. The maximum atomic E-state index is 12.0. The van der Waals surface area contributed by atoms with E-state index in [1.807, 2.05) is 19.1 Å². The van der Waals surface area contributed by atoms with Gasteiger partial charge in [0.1, 0.15) is 5.75 Å². The molecule has 0 saturated heterocycles. The number of aromatic nitrogens is 1. The fourth-order valence-electron chi connectivity index (χ4n) is 2.31. The molecule has 0 radical (unpaired) electrons. The highest BCUT2D eigenvalue weighted by atomic mass is 32.2. The van der Waals surface area contributed by atoms with Gasteiger partial charge in [-0.1, -0.05) is 11.3 Å². The van der Waals surface area contributed by atoms with Crippen LogP contribution >= 0.6 is 23.1 Å². The minimum Gasteiger partial charge on any atom is -0.494 e. The average Bonchev–Trinajstić information content (AvgIpc) is 3.29. The summed E-state index contributed by atoms with van der Waals surface area (Å²) in [5.41, 5.74) is 1.13. The quantitative estimate of drug-likeness (QED) is 0.813. The highest BCUT2D eigenvalue weighted by molar-refractivity contribution is 7.98. The first kappa shape index (κ1) is 15.6. The zero-order chi connectivity index (χ0) is 15.5. The molecule has 1 saturated carbocycles. The van der Waals surface area contributed by atoms with Crippen LogP contribution in [-0.2, 0) is 11.3 Å². The number of carbonyl (C=O) groups is 1. The van der Waals surface area contributed by atoms with E-state index in [1.165, 1.54) is 0 Å². The van der Waals surface area contributed by atoms with Crippen LogP contribution in [0.5, 0.6) is 5.75 Å². The molecule has 0 aliphatic heterocycles. The SMILES string of the molecule is CCOc1ccc2c(c1)sc(=NC(=O)C1CC1)n2CCSC. The van der Waals surface area contributed by atoms with Gasteiger partial charge in [-0.3, -0.25) is 4.79 Å². The first-order valence-electron chi connectivity index (χ1n) is 7.56. The van der Waals surface area contributed by atoms with E-state index in [0.717, 1.165) is 45.9 Å². The number of fused-ring (bicyclic) bond motifs is 1. The van der Waals surface area contributed by atoms with E-state index >= 15 is 0 Å². The van der Waals surface area contributed by atoms with Gasteiger partial charge >= 0.3 is 0 Å². The van der Waals surface area contributed by atoms with Crippen LogP contribution in [0.15, 0.2) is 23.2 Å². The lowest BCUT2D eigenvalue weighted by molar-refractivity contribution is -0.119. The van der Waals surface area contributed by atoms with Gasteiger partial charge in [0, 0.05) is 18.2 Å². The average molecular weight is 336 g/mol. The second-order valence-electron chi connectivity index (χ2n) is 5.32. The van der Waals surface area contributed by atoms with Crippen molar-refractivity contribution in [2.24, 2.45) is 10.9 Å². The van der Waals surface area contributed by atoms with Gasteiger partial charge in [0.05, 0.1) is 16.8 Å². The molecule has 0 N–H and O–H groups in total. The second kappa shape index (κ2) is 6.87. The molecule has 0 spiro atoms. The minimum absolute atomic E-state index is 0.0366. The molecule has 1 amide bonds. The molecule has 118 valence electrons. The van der Waals surface area contributed by atoms with Crippen LogP contribution in [-0.4, -0.2) is 29.1 Å². The highest BCUT2D eigenvalue weighted by Crippen LogP contribution is 2.30. The van der Waals surface area contributed by atoms with Crippen molar-refractivity contribution in [3.63, 3.8) is 0 Å². The molecule has 1 aromatic carbocycles. The third-order valence-corrected chi connectivity index (χ3v) is 5.25. The number of amides is 1. The zero-order valence-electron chi connectivity index (χ0n) is 12.9. The first-order valence-corrected chi connectivity index (χ1v) is 9.77. The molecular formula is C16H20N2O2S2. The Morgan fingerprint density at radius 1 is 1.50 bits per heavy atom. The van der Waals surface area contributed by atoms with E-state index in [1.54, 1.807) is 23.1 Å². The van der Waals surface area contributed by atoms with Gasteiger partial charge in [-0.05, 0) is 44.2 Å². The Morgan fingerprint density at radius 2 is 2.32 bits per heavy atom. The molecule has 1 heterocycles. The molecule has 4 nitrogen and oxygen atoms in total. The smallest absolute Gasteiger partial charge is 0.251 e. The lowest BCUT2D eigenvalue weighted by atomic mass is 10.3. The zero-order valence-corrected chi connectivity index (χ0v) is 14.5. The third kappa shape index (κ3) is 3.38. The normalized spacial score (nSPS) is 15.5. The van der Waals surface area contributed by atoms with Crippen molar-refractivity contribution < 1.29 is 9.53 Å². The third-order valence-electron chi connectivity index (χ3n) is 3.62. The van der Waals surface area contributed by atoms with E-state index in [-0.39, 0.29) is 11.8 Å². The summed E-state index contributed by atoms with van der Waals surface area (Å²) in [4.78, 5) is 17.2. The largest absolute Gasteiger partial charge is 0.494 e. The number of rotatable bonds is 6. The summed E-state index contributed by atoms with van der Waals surface area (Å²) in [6, 6.07) is 6.10. The number of nitrogens with zero attached hydrogens (tertiary/aromatic N) is 2. The molecule has 1 aliphatic rings. The van der Waals surface area contributed by atoms with Crippen LogP contribution in [0.3, 0.4) is 0 Å². The summed E-state index contributed by atoms with van der Waals surface area (Å²) in [5.74, 6) is 2.07. The van der Waals surface area contributed by atoms with Crippen molar-refractivity contribution in [3.05, 3.63) is 23.0 Å². The highest BCUT2D eigenvalue weighted by Gasteiger charge is 2.29. The Kier molecular flexibility index (Phi) is 4.88. The summed E-state index contributed by atoms with van der Waals surface area (Å²) in [7, 11) is 0. The monoisotopic (exact) mass is 336 g/mol. The molecule has 2 aromatic rings. The van der Waals surface area contributed by atoms with Crippen molar-refractivity contribution in [2.45, 2.75) is 26.3 Å². The molecule has 0 bridgehead atoms. The lowest BCUT2D eigenvalue weighted by Gasteiger charge is -2.05. The number of hydrogen-bond acceptors (Lipinski definition) is 4. The Labute approximate surface area is 138 Å². The van der Waals surface area contributed by atoms with E-state index in [9.17, 15) is 4.79 Å². The molecule has 1 aromatic heterocycles. The molecule has 0 unspecified atom stereocenters. The molecule has 0 atom stereocenters. The van der Waals surface area contributed by atoms with E-state index < -0.39 is 0 Å². The second-order valence-corrected chi connectivity index (χ2v) is 7.31. The van der Waals surface area contributed by atoms with Crippen molar-refractivity contribution in [1.29, 1.82) is 0 Å². The van der Waals surface area contributed by atoms with E-state index in [2.05, 4.69) is 21.9 Å². The number of carbonyl (C=O) groups excluding carboxylic acids is 1. The first-order chi connectivity index (χ1) is 10.7. The van der Waals surface area contributed by atoms with Gasteiger partial charge in [-0.25, -0.2) is 0 Å². The van der Waals surface area contributed by atoms with E-state index in [4.69, 9.17) is 4.74 Å². The number of thiazole rings is 1. The molecule has 6 heteroatoms. The summed E-state index contributed by atoms with van der Waals surface area (Å²) >= 11 is 3.37. The molecule has 1 aliphatic carbocycles.